The second-order valence-electron chi connectivity index (χ2n) is 9.50. The van der Waals surface area contributed by atoms with E-state index in [4.69, 9.17) is 4.74 Å². The highest BCUT2D eigenvalue weighted by Crippen LogP contribution is 2.46. The summed E-state index contributed by atoms with van der Waals surface area (Å²) in [5.41, 5.74) is 0.192. The molecule has 1 saturated heterocycles. The van der Waals surface area contributed by atoms with Gasteiger partial charge in [-0.2, -0.15) is 0 Å². The van der Waals surface area contributed by atoms with Gasteiger partial charge in [0.25, 0.3) is 5.56 Å². The first kappa shape index (κ1) is 20.2. The highest BCUT2D eigenvalue weighted by atomic mass is 32.1. The van der Waals surface area contributed by atoms with E-state index in [1.165, 1.54) is 37.6 Å². The normalized spacial score (nSPS) is 22.2. The summed E-state index contributed by atoms with van der Waals surface area (Å²) in [4.78, 5) is 28.2. The van der Waals surface area contributed by atoms with Crippen LogP contribution < -0.4 is 25.9 Å². The topological polar surface area (TPSA) is 79.4 Å². The number of nitrogens with one attached hydrogen (secondary N) is 2. The number of rotatable bonds is 6. The van der Waals surface area contributed by atoms with Crippen LogP contribution in [0.4, 0.5) is 10.1 Å². The number of benzene rings is 1. The summed E-state index contributed by atoms with van der Waals surface area (Å²) in [5.74, 6) is 0.358. The predicted octanol–water partition coefficient (Wildman–Crippen LogP) is 3.35. The van der Waals surface area contributed by atoms with Gasteiger partial charge in [-0.15, -0.1) is 0 Å². The quantitative estimate of drug-likeness (QED) is 0.592. The van der Waals surface area contributed by atoms with Crippen molar-refractivity contribution < 1.29 is 9.13 Å². The van der Waals surface area contributed by atoms with Crippen LogP contribution in [0.2, 0.25) is 0 Å². The molecule has 2 saturated carbocycles. The SMILES string of the molecule is COc1c(N2CCC([C@@H](C)NC3CC3)C2)c(F)cc2c(=O)c3c(=O)[nH]sc3n(C3CC3)c12. The van der Waals surface area contributed by atoms with Crippen LogP contribution in [0.25, 0.3) is 21.1 Å². The fraction of sp³-hybridized carbons (Fsp3) is 0.565. The lowest BCUT2D eigenvalue weighted by Gasteiger charge is -2.26. The summed E-state index contributed by atoms with van der Waals surface area (Å²) in [6.07, 6.45) is 5.39. The molecule has 6 rings (SSSR count). The van der Waals surface area contributed by atoms with Gasteiger partial charge in [0.15, 0.2) is 11.6 Å². The van der Waals surface area contributed by atoms with E-state index in [-0.39, 0.29) is 16.8 Å². The van der Waals surface area contributed by atoms with Crippen molar-refractivity contribution in [1.82, 2.24) is 14.3 Å². The van der Waals surface area contributed by atoms with Crippen LogP contribution >= 0.6 is 11.5 Å². The fourth-order valence-electron chi connectivity index (χ4n) is 5.24. The molecule has 3 heterocycles. The van der Waals surface area contributed by atoms with Crippen LogP contribution in [0, 0.1) is 11.7 Å². The number of aromatic amines is 1. The maximum absolute atomic E-state index is 15.6. The monoisotopic (exact) mass is 458 g/mol. The molecule has 32 heavy (non-hydrogen) atoms. The molecule has 0 amide bonds. The number of halogens is 1. The number of fused-ring (bicyclic) bond motifs is 2. The minimum Gasteiger partial charge on any atom is -0.492 e. The summed E-state index contributed by atoms with van der Waals surface area (Å²) in [5, 5.41) is 4.00. The molecule has 2 aliphatic carbocycles. The van der Waals surface area contributed by atoms with Crippen molar-refractivity contribution in [3.8, 4) is 5.75 Å². The molecule has 2 aromatic heterocycles. The zero-order valence-electron chi connectivity index (χ0n) is 18.2. The van der Waals surface area contributed by atoms with Crippen molar-refractivity contribution in [2.75, 3.05) is 25.1 Å². The number of methoxy groups -OCH3 is 1. The van der Waals surface area contributed by atoms with Crippen LogP contribution in [0.3, 0.4) is 0 Å². The van der Waals surface area contributed by atoms with Gasteiger partial charge in [-0.3, -0.25) is 14.0 Å². The van der Waals surface area contributed by atoms with Gasteiger partial charge in [0, 0.05) is 31.2 Å². The third-order valence-corrected chi connectivity index (χ3v) is 8.12. The first-order valence-electron chi connectivity index (χ1n) is 11.4. The molecule has 0 spiro atoms. The molecule has 3 aliphatic rings. The molecule has 1 aromatic carbocycles. The van der Waals surface area contributed by atoms with E-state index < -0.39 is 16.8 Å². The van der Waals surface area contributed by atoms with Gasteiger partial charge >= 0.3 is 0 Å². The Bertz CT molecular complexity index is 1340. The van der Waals surface area contributed by atoms with Crippen LogP contribution in [0.5, 0.6) is 5.75 Å². The minimum atomic E-state index is -0.469. The summed E-state index contributed by atoms with van der Waals surface area (Å²) < 4.78 is 26.1. The lowest BCUT2D eigenvalue weighted by atomic mass is 10.0. The predicted molar refractivity (Wildman–Crippen MR) is 125 cm³/mol. The van der Waals surface area contributed by atoms with Crippen molar-refractivity contribution in [1.29, 1.82) is 0 Å². The Kier molecular flexibility index (Phi) is 4.62. The van der Waals surface area contributed by atoms with E-state index in [0.717, 1.165) is 32.4 Å². The molecule has 2 N–H and O–H groups in total. The summed E-state index contributed by atoms with van der Waals surface area (Å²) in [6, 6.07) is 2.51. The van der Waals surface area contributed by atoms with Gasteiger partial charge in [-0.05, 0) is 62.5 Å². The van der Waals surface area contributed by atoms with E-state index in [1.54, 1.807) is 0 Å². The molecule has 170 valence electrons. The maximum atomic E-state index is 15.6. The Morgan fingerprint density at radius 2 is 2.03 bits per heavy atom. The second-order valence-corrected chi connectivity index (χ2v) is 10.3. The van der Waals surface area contributed by atoms with Crippen molar-refractivity contribution in [2.24, 2.45) is 5.92 Å². The lowest BCUT2D eigenvalue weighted by Crippen LogP contribution is -2.36. The van der Waals surface area contributed by atoms with Crippen molar-refractivity contribution >= 4 is 38.3 Å². The number of hydrogen-bond donors (Lipinski definition) is 2. The molecule has 1 unspecified atom stereocenters. The van der Waals surface area contributed by atoms with E-state index in [2.05, 4.69) is 21.5 Å². The number of pyridine rings is 1. The van der Waals surface area contributed by atoms with Crippen LogP contribution in [-0.4, -0.2) is 41.2 Å². The van der Waals surface area contributed by atoms with Gasteiger partial charge in [0.05, 0.1) is 18.0 Å². The highest BCUT2D eigenvalue weighted by Gasteiger charge is 2.36. The van der Waals surface area contributed by atoms with Crippen molar-refractivity contribution in [3.63, 3.8) is 0 Å². The molecule has 0 bridgehead atoms. The number of ether oxygens (including phenoxy) is 1. The molecule has 1 aliphatic heterocycles. The van der Waals surface area contributed by atoms with E-state index in [9.17, 15) is 9.59 Å². The zero-order valence-corrected chi connectivity index (χ0v) is 19.1. The summed E-state index contributed by atoms with van der Waals surface area (Å²) >= 11 is 1.17. The van der Waals surface area contributed by atoms with Crippen LogP contribution in [0.15, 0.2) is 15.7 Å². The Morgan fingerprint density at radius 3 is 2.72 bits per heavy atom. The molecule has 3 fully saturated rings. The van der Waals surface area contributed by atoms with Gasteiger partial charge in [-0.1, -0.05) is 0 Å². The molecule has 0 radical (unpaired) electrons. The molecular weight excluding hydrogens is 431 g/mol. The average Bonchev–Trinajstić information content (AvgIpc) is 3.69. The van der Waals surface area contributed by atoms with Crippen LogP contribution in [-0.2, 0) is 0 Å². The Balaban J connectivity index is 1.52. The number of nitrogens with zero attached hydrogens (tertiary/aromatic N) is 2. The van der Waals surface area contributed by atoms with Crippen LogP contribution in [0.1, 0.15) is 45.1 Å². The summed E-state index contributed by atoms with van der Waals surface area (Å²) in [6.45, 7) is 3.70. The van der Waals surface area contributed by atoms with Gasteiger partial charge in [-0.25, -0.2) is 4.39 Å². The third kappa shape index (κ3) is 3.08. The molecule has 9 heteroatoms. The molecule has 3 aromatic rings. The largest absolute Gasteiger partial charge is 0.492 e. The fourth-order valence-corrected chi connectivity index (χ4v) is 6.16. The standard InChI is InChI=1S/C23H27FN4O3S/c1-11(25-13-3-4-13)12-7-8-27(10-12)19-16(24)9-15-18(21(19)31-2)28(14-5-6-14)23-17(20(15)29)22(30)26-32-23/h9,11-14,25H,3-8,10H2,1-2H3,(H,26,30)/t11-,12?/m1/s1. The average molecular weight is 459 g/mol. The van der Waals surface area contributed by atoms with E-state index >= 15 is 4.39 Å². The Labute approximate surface area is 188 Å². The molecular formula is C23H27FN4O3S. The van der Waals surface area contributed by atoms with Gasteiger partial charge < -0.3 is 19.5 Å². The number of H-pyrrole nitrogens is 1. The molecule has 7 nitrogen and oxygen atoms in total. The van der Waals surface area contributed by atoms with Gasteiger partial charge in [0.1, 0.15) is 15.9 Å². The summed E-state index contributed by atoms with van der Waals surface area (Å²) in [7, 11) is 1.54. The first-order chi connectivity index (χ1) is 15.5. The van der Waals surface area contributed by atoms with Gasteiger partial charge in [0.2, 0.25) is 5.43 Å². The van der Waals surface area contributed by atoms with E-state index in [1.807, 2.05) is 4.57 Å². The highest BCUT2D eigenvalue weighted by molar-refractivity contribution is 7.12. The molecule has 2 atom stereocenters. The van der Waals surface area contributed by atoms with E-state index in [0.29, 0.717) is 39.8 Å². The zero-order chi connectivity index (χ0) is 22.1. The lowest BCUT2D eigenvalue weighted by molar-refractivity contribution is 0.397. The number of aromatic nitrogens is 2. The maximum Gasteiger partial charge on any atom is 0.271 e. The number of hydrogen-bond acceptors (Lipinski definition) is 6. The van der Waals surface area contributed by atoms with Crippen molar-refractivity contribution in [2.45, 2.75) is 57.2 Å². The minimum absolute atomic E-state index is 0.116. The van der Waals surface area contributed by atoms with Crippen molar-refractivity contribution in [3.05, 3.63) is 32.5 Å². The Hall–Kier alpha value is -2.39. The first-order valence-corrected chi connectivity index (χ1v) is 12.3. The Morgan fingerprint density at radius 1 is 1.25 bits per heavy atom. The second kappa shape index (κ2) is 7.31. The smallest absolute Gasteiger partial charge is 0.271 e. The number of anilines is 1. The third-order valence-electron chi connectivity index (χ3n) is 7.24.